The van der Waals surface area contributed by atoms with Gasteiger partial charge in [0, 0.05) is 6.54 Å². The number of rotatable bonds is 9. The highest BCUT2D eigenvalue weighted by atomic mass is 32.2. The van der Waals surface area contributed by atoms with Crippen molar-refractivity contribution in [3.05, 3.63) is 29.8 Å². The summed E-state index contributed by atoms with van der Waals surface area (Å²) in [7, 11) is -1.47. The van der Waals surface area contributed by atoms with Crippen molar-refractivity contribution in [1.82, 2.24) is 10.0 Å². The van der Waals surface area contributed by atoms with Gasteiger partial charge in [-0.15, -0.1) is 0 Å². The molecule has 1 fully saturated rings. The van der Waals surface area contributed by atoms with Crippen LogP contribution < -0.4 is 10.0 Å². The molecule has 0 saturated heterocycles. The molecule has 0 aliphatic heterocycles. The predicted molar refractivity (Wildman–Crippen MR) is 85.8 cm³/mol. The molecule has 1 aromatic carbocycles. The van der Waals surface area contributed by atoms with Gasteiger partial charge in [0.25, 0.3) is 0 Å². The molecule has 1 aromatic rings. The number of nitrogens with one attached hydrogen (secondary N) is 2. The summed E-state index contributed by atoms with van der Waals surface area (Å²) < 4.78 is 27.4. The predicted octanol–water partition coefficient (Wildman–Crippen LogP) is 2.31. The molecule has 0 amide bonds. The molecule has 0 aromatic heterocycles. The summed E-state index contributed by atoms with van der Waals surface area (Å²) in [6.45, 7) is 3.62. The first-order valence-electron chi connectivity index (χ1n) is 7.74. The van der Waals surface area contributed by atoms with Gasteiger partial charge in [0.15, 0.2) is 0 Å². The van der Waals surface area contributed by atoms with Crippen molar-refractivity contribution in [3.8, 4) is 0 Å². The Morgan fingerprint density at radius 3 is 2.38 bits per heavy atom. The minimum absolute atomic E-state index is 0.231. The van der Waals surface area contributed by atoms with E-state index in [2.05, 4.69) is 17.0 Å². The topological polar surface area (TPSA) is 58.2 Å². The molecule has 118 valence electrons. The number of sulfonamides is 1. The summed E-state index contributed by atoms with van der Waals surface area (Å²) >= 11 is 0. The number of benzene rings is 1. The Hall–Kier alpha value is -0.910. The molecule has 21 heavy (non-hydrogen) atoms. The van der Waals surface area contributed by atoms with Crippen molar-refractivity contribution in [2.75, 3.05) is 20.1 Å². The first kappa shape index (κ1) is 16.5. The smallest absolute Gasteiger partial charge is 0.240 e. The molecule has 0 atom stereocenters. The molecule has 2 rings (SSSR count). The summed E-state index contributed by atoms with van der Waals surface area (Å²) in [6.07, 6.45) is 5.42. The largest absolute Gasteiger partial charge is 0.319 e. The van der Waals surface area contributed by atoms with E-state index in [0.29, 0.717) is 11.4 Å². The molecular formula is C16H26N2O2S. The molecule has 1 aliphatic carbocycles. The Kier molecular flexibility index (Phi) is 5.41. The summed E-state index contributed by atoms with van der Waals surface area (Å²) in [5, 5.41) is 3.09. The zero-order valence-corrected chi connectivity index (χ0v) is 13.8. The van der Waals surface area contributed by atoms with Gasteiger partial charge in [0.1, 0.15) is 0 Å². The van der Waals surface area contributed by atoms with Crippen LogP contribution in [0, 0.1) is 5.41 Å². The molecule has 1 saturated carbocycles. The van der Waals surface area contributed by atoms with Crippen molar-refractivity contribution < 1.29 is 8.42 Å². The minimum Gasteiger partial charge on any atom is -0.319 e. The van der Waals surface area contributed by atoms with Crippen LogP contribution in [0.15, 0.2) is 29.2 Å². The second kappa shape index (κ2) is 6.90. The van der Waals surface area contributed by atoms with Crippen molar-refractivity contribution in [2.24, 2.45) is 5.41 Å². The molecular weight excluding hydrogens is 284 g/mol. The Morgan fingerprint density at radius 2 is 1.86 bits per heavy atom. The van der Waals surface area contributed by atoms with Crippen LogP contribution in [0.2, 0.25) is 0 Å². The summed E-state index contributed by atoms with van der Waals surface area (Å²) in [4.78, 5) is 0.364. The van der Waals surface area contributed by atoms with Gasteiger partial charge >= 0.3 is 0 Å². The lowest BCUT2D eigenvalue weighted by Gasteiger charge is -2.15. The van der Waals surface area contributed by atoms with Gasteiger partial charge in [-0.1, -0.05) is 25.5 Å². The van der Waals surface area contributed by atoms with Crippen LogP contribution in [-0.2, 0) is 16.4 Å². The van der Waals surface area contributed by atoms with E-state index in [1.54, 1.807) is 12.1 Å². The lowest BCUT2D eigenvalue weighted by molar-refractivity contribution is 0.449. The van der Waals surface area contributed by atoms with Crippen LogP contribution in [0.25, 0.3) is 0 Å². The lowest BCUT2D eigenvalue weighted by Crippen LogP contribution is -2.30. The molecule has 5 heteroatoms. The normalized spacial score (nSPS) is 16.9. The van der Waals surface area contributed by atoms with E-state index in [4.69, 9.17) is 0 Å². The van der Waals surface area contributed by atoms with Gasteiger partial charge in [-0.05, 0) is 62.4 Å². The Balaban J connectivity index is 1.96. The second-order valence-corrected chi connectivity index (χ2v) is 7.84. The van der Waals surface area contributed by atoms with Crippen LogP contribution in [0.3, 0.4) is 0 Å². The van der Waals surface area contributed by atoms with Crippen LogP contribution in [0.5, 0.6) is 0 Å². The van der Waals surface area contributed by atoms with E-state index in [0.717, 1.165) is 44.2 Å². The maximum Gasteiger partial charge on any atom is 0.240 e. The monoisotopic (exact) mass is 310 g/mol. The van der Waals surface area contributed by atoms with E-state index >= 15 is 0 Å². The Labute approximate surface area is 128 Å². The highest BCUT2D eigenvalue weighted by Gasteiger charge is 2.42. The van der Waals surface area contributed by atoms with Crippen LogP contribution in [-0.4, -0.2) is 28.6 Å². The molecule has 0 unspecified atom stereocenters. The third kappa shape index (κ3) is 4.53. The average molecular weight is 310 g/mol. The summed E-state index contributed by atoms with van der Waals surface area (Å²) in [6, 6.07) is 7.19. The Morgan fingerprint density at radius 1 is 1.19 bits per heavy atom. The maximum atomic E-state index is 12.3. The zero-order valence-electron chi connectivity index (χ0n) is 13.0. The third-order valence-electron chi connectivity index (χ3n) is 4.27. The van der Waals surface area contributed by atoms with Gasteiger partial charge in [-0.2, -0.15) is 0 Å². The fraction of sp³-hybridized carbons (Fsp3) is 0.625. The van der Waals surface area contributed by atoms with Crippen LogP contribution >= 0.6 is 0 Å². The average Bonchev–Trinajstić information content (AvgIpc) is 3.24. The van der Waals surface area contributed by atoms with E-state index < -0.39 is 10.0 Å². The molecule has 1 aliphatic rings. The van der Waals surface area contributed by atoms with E-state index in [9.17, 15) is 8.42 Å². The van der Waals surface area contributed by atoms with Gasteiger partial charge in [0.05, 0.1) is 4.90 Å². The highest BCUT2D eigenvalue weighted by Crippen LogP contribution is 2.49. The minimum atomic E-state index is -3.37. The van der Waals surface area contributed by atoms with Gasteiger partial charge in [-0.25, -0.2) is 13.1 Å². The zero-order chi connectivity index (χ0) is 15.3. The fourth-order valence-corrected chi connectivity index (χ4v) is 3.82. The molecule has 2 N–H and O–H groups in total. The first-order chi connectivity index (χ1) is 10.0. The van der Waals surface area contributed by atoms with Gasteiger partial charge in [-0.3, -0.25) is 0 Å². The standard InChI is InChI=1S/C16H26N2O2S/c1-3-9-16(10-11-16)13-18-21(19,20)15-6-4-14(5-7-15)8-12-17-2/h4-7,17-18H,3,8-13H2,1-2H3. The van der Waals surface area contributed by atoms with Crippen LogP contribution in [0.4, 0.5) is 0 Å². The summed E-state index contributed by atoms with van der Waals surface area (Å²) in [5.41, 5.74) is 1.38. The van der Waals surface area contributed by atoms with Crippen molar-refractivity contribution in [3.63, 3.8) is 0 Å². The van der Waals surface area contributed by atoms with Gasteiger partial charge in [0.2, 0.25) is 10.0 Å². The number of hydrogen-bond acceptors (Lipinski definition) is 3. The van der Waals surface area contributed by atoms with E-state index in [1.165, 1.54) is 0 Å². The fourth-order valence-electron chi connectivity index (χ4n) is 2.66. The molecule has 0 radical (unpaired) electrons. The highest BCUT2D eigenvalue weighted by molar-refractivity contribution is 7.89. The van der Waals surface area contributed by atoms with Crippen molar-refractivity contribution in [1.29, 1.82) is 0 Å². The Bertz CT molecular complexity index is 548. The molecule has 0 bridgehead atoms. The summed E-state index contributed by atoms with van der Waals surface area (Å²) in [5.74, 6) is 0. The molecule has 0 heterocycles. The lowest BCUT2D eigenvalue weighted by atomic mass is 10.0. The van der Waals surface area contributed by atoms with Gasteiger partial charge < -0.3 is 5.32 Å². The van der Waals surface area contributed by atoms with Crippen LogP contribution in [0.1, 0.15) is 38.2 Å². The van der Waals surface area contributed by atoms with Crippen molar-refractivity contribution >= 4 is 10.0 Å². The third-order valence-corrected chi connectivity index (χ3v) is 5.69. The second-order valence-electron chi connectivity index (χ2n) is 6.07. The molecule has 4 nitrogen and oxygen atoms in total. The quantitative estimate of drug-likeness (QED) is 0.736. The SMILES string of the molecule is CCCC1(CNS(=O)(=O)c2ccc(CCNC)cc2)CC1. The molecule has 0 spiro atoms. The van der Waals surface area contributed by atoms with E-state index in [1.807, 2.05) is 19.2 Å². The first-order valence-corrected chi connectivity index (χ1v) is 9.23. The number of hydrogen-bond donors (Lipinski definition) is 2. The van der Waals surface area contributed by atoms with E-state index in [-0.39, 0.29) is 5.41 Å². The van der Waals surface area contributed by atoms with Crippen molar-refractivity contribution in [2.45, 2.75) is 43.9 Å². The maximum absolute atomic E-state index is 12.3. The number of likely N-dealkylation sites (N-methyl/N-ethyl adjacent to an activating group) is 1.